The minimum atomic E-state index is -0.122. The van der Waals surface area contributed by atoms with Crippen LogP contribution in [0.25, 0.3) is 0 Å². The average molecular weight is 276 g/mol. The predicted octanol–water partition coefficient (Wildman–Crippen LogP) is 4.13. The van der Waals surface area contributed by atoms with Crippen molar-refractivity contribution in [3.8, 4) is 0 Å². The molecular weight excluding hydrogens is 248 g/mol. The molecule has 1 amide bonds. The van der Waals surface area contributed by atoms with Gasteiger partial charge in [0.15, 0.2) is 0 Å². The van der Waals surface area contributed by atoms with Crippen LogP contribution in [-0.2, 0) is 0 Å². The van der Waals surface area contributed by atoms with Gasteiger partial charge in [0.1, 0.15) is 0 Å². The molecule has 0 spiro atoms. The molecule has 0 heterocycles. The third-order valence-electron chi connectivity index (χ3n) is 4.03. The molecule has 112 valence electrons. The minimum absolute atomic E-state index is 0.0238. The summed E-state index contributed by atoms with van der Waals surface area (Å²) in [5.74, 6) is 0.0238. The number of benzene rings is 1. The lowest BCUT2D eigenvalue weighted by atomic mass is 9.94. The summed E-state index contributed by atoms with van der Waals surface area (Å²) in [5, 5.41) is 6.49. The van der Waals surface area contributed by atoms with Crippen molar-refractivity contribution in [3.63, 3.8) is 0 Å². The molecule has 0 aromatic heterocycles. The van der Waals surface area contributed by atoms with Crippen molar-refractivity contribution in [3.05, 3.63) is 29.3 Å². The largest absolute Gasteiger partial charge is 0.385 e. The molecule has 3 heteroatoms. The molecule has 2 N–H and O–H groups in total. The molecule has 1 aromatic carbocycles. The summed E-state index contributed by atoms with van der Waals surface area (Å²) < 4.78 is 0. The van der Waals surface area contributed by atoms with E-state index in [1.807, 2.05) is 25.1 Å². The predicted molar refractivity (Wildman–Crippen MR) is 86.4 cm³/mol. The number of rotatable bonds is 7. The van der Waals surface area contributed by atoms with Crippen molar-refractivity contribution in [2.75, 3.05) is 11.9 Å². The van der Waals surface area contributed by atoms with Crippen LogP contribution in [-0.4, -0.2) is 18.0 Å². The number of amides is 1. The van der Waals surface area contributed by atoms with Crippen LogP contribution in [0.1, 0.15) is 62.9 Å². The first-order chi connectivity index (χ1) is 9.45. The molecule has 0 fully saturated rings. The van der Waals surface area contributed by atoms with Crippen LogP contribution >= 0.6 is 0 Å². The Morgan fingerprint density at radius 1 is 1.20 bits per heavy atom. The number of aryl methyl sites for hydroxylation is 1. The topological polar surface area (TPSA) is 41.1 Å². The standard InChI is InChI=1S/C17H28N2O/c1-6-11-18-14-9-10-15(13(4)12-14)16(20)19-17(5,7-2)8-3/h9-10,12,18H,6-8,11H2,1-5H3,(H,19,20). The molecule has 1 aromatic rings. The fraction of sp³-hybridized carbons (Fsp3) is 0.588. The van der Waals surface area contributed by atoms with Gasteiger partial charge in [-0.1, -0.05) is 20.8 Å². The molecule has 0 aliphatic heterocycles. The summed E-state index contributed by atoms with van der Waals surface area (Å²) in [4.78, 5) is 12.4. The Labute approximate surface area is 123 Å². The highest BCUT2D eigenvalue weighted by molar-refractivity contribution is 5.96. The van der Waals surface area contributed by atoms with E-state index in [9.17, 15) is 4.79 Å². The molecule has 0 saturated carbocycles. The highest BCUT2D eigenvalue weighted by Crippen LogP contribution is 2.18. The molecule has 3 nitrogen and oxygen atoms in total. The van der Waals surface area contributed by atoms with Crippen LogP contribution in [0.3, 0.4) is 0 Å². The van der Waals surface area contributed by atoms with Crippen LogP contribution in [0.5, 0.6) is 0 Å². The molecule has 0 radical (unpaired) electrons. The molecule has 20 heavy (non-hydrogen) atoms. The summed E-state index contributed by atoms with van der Waals surface area (Å²) in [7, 11) is 0. The Balaban J connectivity index is 2.83. The van der Waals surface area contributed by atoms with Gasteiger partial charge < -0.3 is 10.6 Å². The van der Waals surface area contributed by atoms with E-state index in [4.69, 9.17) is 0 Å². The summed E-state index contributed by atoms with van der Waals surface area (Å²) in [5.41, 5.74) is 2.73. The van der Waals surface area contributed by atoms with Gasteiger partial charge in [-0.3, -0.25) is 4.79 Å². The first kappa shape index (κ1) is 16.5. The molecule has 1 rings (SSSR count). The van der Waals surface area contributed by atoms with E-state index < -0.39 is 0 Å². The summed E-state index contributed by atoms with van der Waals surface area (Å²) in [6.45, 7) is 11.4. The molecule has 0 bridgehead atoms. The maximum absolute atomic E-state index is 12.4. The van der Waals surface area contributed by atoms with Crippen LogP contribution in [0.4, 0.5) is 5.69 Å². The number of hydrogen-bond acceptors (Lipinski definition) is 2. The Morgan fingerprint density at radius 3 is 2.35 bits per heavy atom. The molecular formula is C17H28N2O. The first-order valence-electron chi connectivity index (χ1n) is 7.62. The zero-order valence-corrected chi connectivity index (χ0v) is 13.5. The van der Waals surface area contributed by atoms with Gasteiger partial charge in [0.05, 0.1) is 0 Å². The van der Waals surface area contributed by atoms with Gasteiger partial charge in [-0.05, 0) is 56.9 Å². The molecule has 0 aliphatic carbocycles. The van der Waals surface area contributed by atoms with Gasteiger partial charge in [-0.15, -0.1) is 0 Å². The van der Waals surface area contributed by atoms with Crippen molar-refractivity contribution >= 4 is 11.6 Å². The van der Waals surface area contributed by atoms with Crippen molar-refractivity contribution < 1.29 is 4.79 Å². The highest BCUT2D eigenvalue weighted by Gasteiger charge is 2.23. The van der Waals surface area contributed by atoms with E-state index >= 15 is 0 Å². The highest BCUT2D eigenvalue weighted by atomic mass is 16.1. The summed E-state index contributed by atoms with van der Waals surface area (Å²) in [6.07, 6.45) is 2.96. The zero-order valence-electron chi connectivity index (χ0n) is 13.5. The first-order valence-corrected chi connectivity index (χ1v) is 7.62. The van der Waals surface area contributed by atoms with Gasteiger partial charge in [-0.2, -0.15) is 0 Å². The lowest BCUT2D eigenvalue weighted by molar-refractivity contribution is 0.0900. The third-order valence-corrected chi connectivity index (χ3v) is 4.03. The minimum Gasteiger partial charge on any atom is -0.385 e. The van der Waals surface area contributed by atoms with E-state index in [2.05, 4.69) is 38.3 Å². The maximum Gasteiger partial charge on any atom is 0.251 e. The summed E-state index contributed by atoms with van der Waals surface area (Å²) >= 11 is 0. The number of nitrogens with one attached hydrogen (secondary N) is 2. The van der Waals surface area contributed by atoms with Gasteiger partial charge in [0, 0.05) is 23.3 Å². The lowest BCUT2D eigenvalue weighted by Gasteiger charge is -2.28. The average Bonchev–Trinajstić information content (AvgIpc) is 2.44. The Kier molecular flexibility index (Phi) is 6.05. The van der Waals surface area contributed by atoms with E-state index in [1.165, 1.54) is 0 Å². The third kappa shape index (κ3) is 4.26. The van der Waals surface area contributed by atoms with Crippen LogP contribution in [0.2, 0.25) is 0 Å². The molecule has 0 saturated heterocycles. The second-order valence-corrected chi connectivity index (χ2v) is 5.68. The number of hydrogen-bond donors (Lipinski definition) is 2. The van der Waals surface area contributed by atoms with Gasteiger partial charge in [-0.25, -0.2) is 0 Å². The van der Waals surface area contributed by atoms with E-state index in [0.717, 1.165) is 42.6 Å². The Morgan fingerprint density at radius 2 is 1.85 bits per heavy atom. The molecule has 0 atom stereocenters. The fourth-order valence-electron chi connectivity index (χ4n) is 2.07. The SMILES string of the molecule is CCCNc1ccc(C(=O)NC(C)(CC)CC)c(C)c1. The molecule has 0 aliphatic rings. The quantitative estimate of drug-likeness (QED) is 0.786. The van der Waals surface area contributed by atoms with Gasteiger partial charge in [0.2, 0.25) is 0 Å². The number of carbonyl (C=O) groups excluding carboxylic acids is 1. The monoisotopic (exact) mass is 276 g/mol. The van der Waals surface area contributed by atoms with Crippen molar-refractivity contribution in [1.82, 2.24) is 5.32 Å². The smallest absolute Gasteiger partial charge is 0.251 e. The Bertz CT molecular complexity index is 450. The van der Waals surface area contributed by atoms with Crippen molar-refractivity contribution in [1.29, 1.82) is 0 Å². The fourth-order valence-corrected chi connectivity index (χ4v) is 2.07. The van der Waals surface area contributed by atoms with Gasteiger partial charge in [0.25, 0.3) is 5.91 Å². The number of carbonyl (C=O) groups is 1. The van der Waals surface area contributed by atoms with Crippen LogP contribution in [0.15, 0.2) is 18.2 Å². The maximum atomic E-state index is 12.4. The Hall–Kier alpha value is -1.51. The van der Waals surface area contributed by atoms with E-state index in [0.29, 0.717) is 0 Å². The van der Waals surface area contributed by atoms with E-state index in [1.54, 1.807) is 0 Å². The van der Waals surface area contributed by atoms with Crippen LogP contribution < -0.4 is 10.6 Å². The van der Waals surface area contributed by atoms with Crippen LogP contribution in [0, 0.1) is 6.92 Å². The second kappa shape index (κ2) is 7.32. The molecule has 0 unspecified atom stereocenters. The van der Waals surface area contributed by atoms with Crippen molar-refractivity contribution in [2.24, 2.45) is 0 Å². The van der Waals surface area contributed by atoms with Gasteiger partial charge >= 0.3 is 0 Å². The van der Waals surface area contributed by atoms with E-state index in [-0.39, 0.29) is 11.4 Å². The second-order valence-electron chi connectivity index (χ2n) is 5.68. The normalized spacial score (nSPS) is 11.2. The van der Waals surface area contributed by atoms with Crippen molar-refractivity contribution in [2.45, 2.75) is 59.4 Å². The number of anilines is 1. The zero-order chi connectivity index (χ0) is 15.2. The lowest BCUT2D eigenvalue weighted by Crippen LogP contribution is -2.45. The summed E-state index contributed by atoms with van der Waals surface area (Å²) in [6, 6.07) is 5.93.